The normalized spacial score (nSPS) is 10.6. The van der Waals surface area contributed by atoms with Gasteiger partial charge in [0.15, 0.2) is 0 Å². The first kappa shape index (κ1) is 22.9. The molecule has 0 bridgehead atoms. The first-order chi connectivity index (χ1) is 15.2. The predicted octanol–water partition coefficient (Wildman–Crippen LogP) is 7.65. The van der Waals surface area contributed by atoms with Crippen LogP contribution in [0.1, 0.15) is 60.5 Å². The Morgan fingerprint density at radius 1 is 0.806 bits per heavy atom. The smallest absolute Gasteiger partial charge is 0.345 e. The van der Waals surface area contributed by atoms with Crippen LogP contribution >= 0.6 is 11.6 Å². The molecule has 3 rings (SSSR count). The van der Waals surface area contributed by atoms with E-state index in [0.29, 0.717) is 28.7 Å². The van der Waals surface area contributed by atoms with Crippen molar-refractivity contribution in [3.8, 4) is 11.5 Å². The Morgan fingerprint density at radius 3 is 2.23 bits per heavy atom. The van der Waals surface area contributed by atoms with Gasteiger partial charge in [-0.25, -0.2) is 4.79 Å². The molecule has 0 aliphatic rings. The highest BCUT2D eigenvalue weighted by molar-refractivity contribution is 6.33. The topological polar surface area (TPSA) is 35.5 Å². The Bertz CT molecular complexity index is 952. The van der Waals surface area contributed by atoms with Crippen LogP contribution in [0.25, 0.3) is 0 Å². The van der Waals surface area contributed by atoms with Gasteiger partial charge in [0.05, 0.1) is 10.6 Å². The van der Waals surface area contributed by atoms with Crippen molar-refractivity contribution in [2.45, 2.75) is 52.1 Å². The second kappa shape index (κ2) is 12.2. The Kier molecular flexibility index (Phi) is 8.99. The largest absolute Gasteiger partial charge is 0.489 e. The molecule has 0 aliphatic heterocycles. The second-order valence-corrected chi connectivity index (χ2v) is 8.02. The van der Waals surface area contributed by atoms with Crippen molar-refractivity contribution in [1.29, 1.82) is 0 Å². The van der Waals surface area contributed by atoms with Gasteiger partial charge in [0.1, 0.15) is 18.1 Å². The van der Waals surface area contributed by atoms with E-state index < -0.39 is 5.97 Å². The highest BCUT2D eigenvalue weighted by Crippen LogP contribution is 2.25. The van der Waals surface area contributed by atoms with Crippen LogP contribution in [0.3, 0.4) is 0 Å². The fraction of sp³-hybridized carbons (Fsp3) is 0.296. The van der Waals surface area contributed by atoms with E-state index in [1.807, 2.05) is 54.6 Å². The molecule has 0 amide bonds. The molecule has 0 atom stereocenters. The fourth-order valence-electron chi connectivity index (χ4n) is 3.31. The molecule has 0 N–H and O–H groups in total. The van der Waals surface area contributed by atoms with E-state index in [1.165, 1.54) is 37.7 Å². The minimum atomic E-state index is -0.480. The number of rotatable bonds is 11. The van der Waals surface area contributed by atoms with Gasteiger partial charge in [-0.05, 0) is 54.3 Å². The van der Waals surface area contributed by atoms with E-state index in [-0.39, 0.29) is 0 Å². The number of hydrogen-bond acceptors (Lipinski definition) is 3. The number of unbranched alkanes of at least 4 members (excludes halogenated alkanes) is 4. The molecule has 0 unspecified atom stereocenters. The molecule has 0 aromatic heterocycles. The highest BCUT2D eigenvalue weighted by Gasteiger charge is 2.14. The minimum absolute atomic E-state index is 0.305. The number of ether oxygens (including phenoxy) is 2. The van der Waals surface area contributed by atoms with Gasteiger partial charge in [-0.2, -0.15) is 0 Å². The number of hydrogen-bond donors (Lipinski definition) is 0. The Morgan fingerprint density at radius 2 is 1.52 bits per heavy atom. The van der Waals surface area contributed by atoms with Gasteiger partial charge in [0.25, 0.3) is 0 Å². The average molecular weight is 437 g/mol. The summed E-state index contributed by atoms with van der Waals surface area (Å²) in [5.41, 5.74) is 2.63. The van der Waals surface area contributed by atoms with Gasteiger partial charge in [0, 0.05) is 0 Å². The zero-order valence-corrected chi connectivity index (χ0v) is 18.7. The lowest BCUT2D eigenvalue weighted by atomic mass is 10.1. The summed E-state index contributed by atoms with van der Waals surface area (Å²) in [5, 5.41) is 0.305. The Balaban J connectivity index is 1.51. The van der Waals surface area contributed by atoms with Crippen molar-refractivity contribution in [2.75, 3.05) is 0 Å². The van der Waals surface area contributed by atoms with Crippen LogP contribution in [-0.2, 0) is 13.0 Å². The van der Waals surface area contributed by atoms with Gasteiger partial charge in [-0.3, -0.25) is 0 Å². The molecule has 0 saturated carbocycles. The number of halogens is 1. The van der Waals surface area contributed by atoms with E-state index in [2.05, 4.69) is 6.92 Å². The molecule has 0 spiro atoms. The maximum Gasteiger partial charge on any atom is 0.345 e. The molecule has 3 aromatic rings. The third kappa shape index (κ3) is 7.45. The SMILES string of the molecule is CCCCCCCc1ccc(OC(=O)c2ccc(OCc3ccccc3)cc2Cl)cc1. The van der Waals surface area contributed by atoms with Crippen LogP contribution in [-0.4, -0.2) is 5.97 Å². The summed E-state index contributed by atoms with van der Waals surface area (Å²) in [5.74, 6) is 0.640. The molecule has 0 saturated heterocycles. The van der Waals surface area contributed by atoms with Gasteiger partial charge in [0.2, 0.25) is 0 Å². The molecule has 31 heavy (non-hydrogen) atoms. The lowest BCUT2D eigenvalue weighted by molar-refractivity contribution is 0.0735. The summed E-state index contributed by atoms with van der Waals surface area (Å²) in [6.07, 6.45) is 7.35. The number of aryl methyl sites for hydroxylation is 1. The van der Waals surface area contributed by atoms with Crippen molar-refractivity contribution in [3.63, 3.8) is 0 Å². The monoisotopic (exact) mass is 436 g/mol. The number of benzene rings is 3. The summed E-state index contributed by atoms with van der Waals surface area (Å²) in [6.45, 7) is 2.66. The van der Waals surface area contributed by atoms with Crippen molar-refractivity contribution < 1.29 is 14.3 Å². The molecular formula is C27H29ClO3. The number of carbonyl (C=O) groups is 1. The van der Waals surface area contributed by atoms with E-state index in [4.69, 9.17) is 21.1 Å². The molecule has 3 nitrogen and oxygen atoms in total. The third-order valence-corrected chi connectivity index (χ3v) is 5.42. The summed E-state index contributed by atoms with van der Waals surface area (Å²) in [4.78, 5) is 12.5. The second-order valence-electron chi connectivity index (χ2n) is 7.61. The first-order valence-electron chi connectivity index (χ1n) is 10.9. The molecule has 0 heterocycles. The summed E-state index contributed by atoms with van der Waals surface area (Å²) in [6, 6.07) is 22.6. The van der Waals surface area contributed by atoms with Crippen molar-refractivity contribution >= 4 is 17.6 Å². The zero-order valence-electron chi connectivity index (χ0n) is 18.0. The molecule has 162 valence electrons. The van der Waals surface area contributed by atoms with Crippen molar-refractivity contribution in [2.24, 2.45) is 0 Å². The van der Waals surface area contributed by atoms with Crippen LogP contribution in [0.5, 0.6) is 11.5 Å². The quantitative estimate of drug-likeness (QED) is 0.176. The van der Waals surface area contributed by atoms with Crippen LogP contribution in [0, 0.1) is 0 Å². The van der Waals surface area contributed by atoms with Gasteiger partial charge < -0.3 is 9.47 Å². The average Bonchev–Trinajstić information content (AvgIpc) is 2.79. The standard InChI is InChI=1S/C27H29ClO3/c1-2-3-4-5-7-10-21-13-15-23(16-14-21)31-27(29)25-18-17-24(19-26(25)28)30-20-22-11-8-6-9-12-22/h6,8-9,11-19H,2-5,7,10,20H2,1H3. The number of carbonyl (C=O) groups excluding carboxylic acids is 1. The maximum absolute atomic E-state index is 12.5. The summed E-state index contributed by atoms with van der Waals surface area (Å²) in [7, 11) is 0. The van der Waals surface area contributed by atoms with Gasteiger partial charge in [-0.1, -0.05) is 86.7 Å². The van der Waals surface area contributed by atoms with Crippen molar-refractivity contribution in [1.82, 2.24) is 0 Å². The fourth-order valence-corrected chi connectivity index (χ4v) is 3.56. The summed E-state index contributed by atoms with van der Waals surface area (Å²) >= 11 is 6.31. The van der Waals surface area contributed by atoms with Crippen molar-refractivity contribution in [3.05, 3.63) is 94.5 Å². The van der Waals surface area contributed by atoms with E-state index in [1.54, 1.807) is 18.2 Å². The minimum Gasteiger partial charge on any atom is -0.489 e. The highest BCUT2D eigenvalue weighted by atomic mass is 35.5. The Labute approximate surface area is 190 Å². The predicted molar refractivity (Wildman–Crippen MR) is 126 cm³/mol. The first-order valence-corrected chi connectivity index (χ1v) is 11.3. The molecule has 0 radical (unpaired) electrons. The van der Waals surface area contributed by atoms with Crippen LogP contribution < -0.4 is 9.47 Å². The zero-order chi connectivity index (χ0) is 21.9. The van der Waals surface area contributed by atoms with Crippen LogP contribution in [0.15, 0.2) is 72.8 Å². The van der Waals surface area contributed by atoms with Gasteiger partial charge >= 0.3 is 5.97 Å². The third-order valence-electron chi connectivity index (χ3n) is 5.11. The van der Waals surface area contributed by atoms with E-state index >= 15 is 0 Å². The lowest BCUT2D eigenvalue weighted by Crippen LogP contribution is -2.09. The van der Waals surface area contributed by atoms with E-state index in [9.17, 15) is 4.79 Å². The lowest BCUT2D eigenvalue weighted by Gasteiger charge is -2.10. The number of esters is 1. The molecule has 3 aromatic carbocycles. The van der Waals surface area contributed by atoms with E-state index in [0.717, 1.165) is 12.0 Å². The van der Waals surface area contributed by atoms with Crippen LogP contribution in [0.2, 0.25) is 5.02 Å². The molecule has 0 fully saturated rings. The van der Waals surface area contributed by atoms with Gasteiger partial charge in [-0.15, -0.1) is 0 Å². The van der Waals surface area contributed by atoms with Crippen LogP contribution in [0.4, 0.5) is 0 Å². The summed E-state index contributed by atoms with van der Waals surface area (Å²) < 4.78 is 11.3. The molecular weight excluding hydrogens is 408 g/mol. The maximum atomic E-state index is 12.5. The Hall–Kier alpha value is -2.78. The molecule has 4 heteroatoms. The molecule has 0 aliphatic carbocycles.